The molecule has 6 heteroatoms. The summed E-state index contributed by atoms with van der Waals surface area (Å²) >= 11 is 0. The molecular weight excluding hydrogens is 256 g/mol. The predicted molar refractivity (Wildman–Crippen MR) is 70.6 cm³/mol. The molecule has 0 fully saturated rings. The van der Waals surface area contributed by atoms with Crippen molar-refractivity contribution in [3.05, 3.63) is 35.4 Å². The van der Waals surface area contributed by atoms with Crippen LogP contribution in [0.2, 0.25) is 0 Å². The van der Waals surface area contributed by atoms with Gasteiger partial charge in [0.05, 0.1) is 18.3 Å². The van der Waals surface area contributed by atoms with Crippen LogP contribution in [0.15, 0.2) is 22.8 Å². The van der Waals surface area contributed by atoms with Gasteiger partial charge < -0.3 is 9.15 Å². The lowest BCUT2D eigenvalue weighted by molar-refractivity contribution is 0.398. The van der Waals surface area contributed by atoms with Crippen LogP contribution in [0.4, 0.5) is 0 Å². The Kier molecular flexibility index (Phi) is 3.03. The van der Waals surface area contributed by atoms with Gasteiger partial charge in [-0.3, -0.25) is 10.5 Å². The van der Waals surface area contributed by atoms with Crippen molar-refractivity contribution in [3.63, 3.8) is 0 Å². The van der Waals surface area contributed by atoms with Crippen molar-refractivity contribution in [2.45, 2.75) is 25.7 Å². The van der Waals surface area contributed by atoms with Gasteiger partial charge in [0, 0.05) is 11.3 Å². The first-order valence-corrected chi connectivity index (χ1v) is 6.52. The topological polar surface area (TPSA) is 98.7 Å². The molecule has 2 aromatic rings. The molecule has 3 rings (SSSR count). The lowest BCUT2D eigenvalue weighted by atomic mass is 9.82. The average Bonchev–Trinajstić information content (AvgIpc) is 3.08. The van der Waals surface area contributed by atoms with Gasteiger partial charge in [-0.2, -0.15) is 5.26 Å². The number of aryl methyl sites for hydroxylation is 1. The Labute approximate surface area is 115 Å². The van der Waals surface area contributed by atoms with Crippen LogP contribution in [0.25, 0.3) is 0 Å². The second kappa shape index (κ2) is 4.85. The molecule has 0 spiro atoms. The maximum absolute atomic E-state index is 9.37. The van der Waals surface area contributed by atoms with Crippen molar-refractivity contribution in [2.75, 3.05) is 0 Å². The quantitative estimate of drug-likeness (QED) is 0.895. The van der Waals surface area contributed by atoms with Gasteiger partial charge in [0.25, 0.3) is 0 Å². The van der Waals surface area contributed by atoms with Gasteiger partial charge in [-0.05, 0) is 18.6 Å². The number of ether oxygens (including phenoxy) is 1. The van der Waals surface area contributed by atoms with E-state index in [1.165, 1.54) is 0 Å². The summed E-state index contributed by atoms with van der Waals surface area (Å²) in [5.74, 6) is -0.0830. The van der Waals surface area contributed by atoms with E-state index >= 15 is 0 Å². The molecule has 6 nitrogen and oxygen atoms in total. The summed E-state index contributed by atoms with van der Waals surface area (Å²) in [6.07, 6.45) is 3.34. The summed E-state index contributed by atoms with van der Waals surface area (Å²) in [5.41, 5.74) is 1.78. The Morgan fingerprint density at radius 3 is 3.05 bits per heavy atom. The summed E-state index contributed by atoms with van der Waals surface area (Å²) in [6.45, 7) is 2.07. The Morgan fingerprint density at radius 2 is 2.40 bits per heavy atom. The lowest BCUT2D eigenvalue weighted by Crippen LogP contribution is -2.30. The van der Waals surface area contributed by atoms with E-state index in [-0.39, 0.29) is 11.8 Å². The maximum Gasteiger partial charge on any atom is 0.243 e. The lowest BCUT2D eigenvalue weighted by Gasteiger charge is -2.26. The van der Waals surface area contributed by atoms with Gasteiger partial charge in [0.2, 0.25) is 11.8 Å². The normalized spacial score (nSPS) is 21.1. The molecule has 3 heterocycles. The average molecular weight is 270 g/mol. The van der Waals surface area contributed by atoms with E-state index in [9.17, 15) is 5.26 Å². The summed E-state index contributed by atoms with van der Waals surface area (Å²) in [4.78, 5) is 0. The van der Waals surface area contributed by atoms with Crippen molar-refractivity contribution in [2.24, 2.45) is 5.92 Å². The number of nitrogens with zero attached hydrogens (tertiary/aromatic N) is 2. The van der Waals surface area contributed by atoms with Gasteiger partial charge in [-0.25, -0.2) is 0 Å². The fourth-order valence-electron chi connectivity index (χ4n) is 2.60. The van der Waals surface area contributed by atoms with Crippen LogP contribution in [-0.2, 0) is 6.42 Å². The minimum absolute atomic E-state index is 0.0871. The number of fused-ring (bicyclic) bond motifs is 1. The minimum atomic E-state index is -0.693. The highest BCUT2D eigenvalue weighted by Gasteiger charge is 2.41. The van der Waals surface area contributed by atoms with Crippen LogP contribution in [-0.4, -0.2) is 16.1 Å². The van der Waals surface area contributed by atoms with E-state index in [0.717, 1.165) is 24.1 Å². The van der Waals surface area contributed by atoms with Gasteiger partial charge in [-0.15, -0.1) is 5.10 Å². The summed E-state index contributed by atoms with van der Waals surface area (Å²) in [5, 5.41) is 24.3. The molecule has 0 aliphatic carbocycles. The number of aromatic amines is 1. The second-order valence-corrected chi connectivity index (χ2v) is 4.74. The third kappa shape index (κ3) is 1.79. The van der Waals surface area contributed by atoms with Crippen molar-refractivity contribution in [3.8, 4) is 11.9 Å². The van der Waals surface area contributed by atoms with Crippen molar-refractivity contribution in [1.82, 2.24) is 10.2 Å². The van der Waals surface area contributed by atoms with Crippen LogP contribution < -0.4 is 4.74 Å². The number of aromatic nitrogens is 2. The third-order valence-corrected chi connectivity index (χ3v) is 3.47. The molecule has 20 heavy (non-hydrogen) atoms. The van der Waals surface area contributed by atoms with E-state index in [1.54, 1.807) is 12.3 Å². The zero-order valence-corrected chi connectivity index (χ0v) is 11.0. The molecule has 0 radical (unpaired) electrons. The van der Waals surface area contributed by atoms with Gasteiger partial charge in [0.1, 0.15) is 11.7 Å². The molecule has 102 valence electrons. The first-order chi connectivity index (χ1) is 9.76. The number of H-pyrrole nitrogens is 1. The van der Waals surface area contributed by atoms with Crippen LogP contribution >= 0.6 is 0 Å². The minimum Gasteiger partial charge on any atom is -0.469 e. The highest BCUT2D eigenvalue weighted by molar-refractivity contribution is 5.84. The van der Waals surface area contributed by atoms with Crippen LogP contribution in [0.1, 0.15) is 36.3 Å². The Morgan fingerprint density at radius 1 is 1.55 bits per heavy atom. The van der Waals surface area contributed by atoms with Crippen molar-refractivity contribution >= 4 is 5.90 Å². The Hall–Kier alpha value is -2.55. The van der Waals surface area contributed by atoms with E-state index in [4.69, 9.17) is 14.6 Å². The maximum atomic E-state index is 9.37. The molecular formula is C14H14N4O2. The smallest absolute Gasteiger partial charge is 0.243 e. The summed E-state index contributed by atoms with van der Waals surface area (Å²) in [6, 6.07) is 5.74. The van der Waals surface area contributed by atoms with Gasteiger partial charge >= 0.3 is 0 Å². The van der Waals surface area contributed by atoms with Crippen molar-refractivity contribution < 1.29 is 9.15 Å². The molecule has 0 saturated carbocycles. The highest BCUT2D eigenvalue weighted by atomic mass is 16.5. The van der Waals surface area contributed by atoms with E-state index in [1.807, 2.05) is 6.07 Å². The molecule has 1 aliphatic heterocycles. The number of hydrogen-bond donors (Lipinski definition) is 2. The Balaban J connectivity index is 2.16. The first kappa shape index (κ1) is 12.5. The van der Waals surface area contributed by atoms with Crippen LogP contribution in [0, 0.1) is 22.7 Å². The zero-order valence-electron chi connectivity index (χ0n) is 11.0. The first-order valence-electron chi connectivity index (χ1n) is 6.52. The largest absolute Gasteiger partial charge is 0.469 e. The standard InChI is InChI=1S/C14H14N4O2/c1-2-4-9-12-11(10-5-3-6-19-10)8(7-15)13(16)20-14(12)18-17-9/h3,5-6,8,11,16H,2,4H2,1H3,(H,17,18). The van der Waals surface area contributed by atoms with Gasteiger partial charge in [-0.1, -0.05) is 13.3 Å². The molecule has 1 aliphatic rings. The molecule has 0 saturated heterocycles. The predicted octanol–water partition coefficient (Wildman–Crippen LogP) is 2.60. The fourth-order valence-corrected chi connectivity index (χ4v) is 2.60. The molecule has 0 aromatic carbocycles. The molecule has 2 aromatic heterocycles. The number of hydrogen-bond acceptors (Lipinski definition) is 5. The Bertz CT molecular complexity index is 666. The SMILES string of the molecule is CCCc1[nH]nc2c1C(c1ccco1)C(C#N)C(=N)O2. The molecule has 0 bridgehead atoms. The van der Waals surface area contributed by atoms with Crippen LogP contribution in [0.3, 0.4) is 0 Å². The van der Waals surface area contributed by atoms with E-state index in [2.05, 4.69) is 23.2 Å². The van der Waals surface area contributed by atoms with Crippen LogP contribution in [0.5, 0.6) is 5.88 Å². The third-order valence-electron chi connectivity index (χ3n) is 3.47. The molecule has 0 amide bonds. The van der Waals surface area contributed by atoms with E-state index in [0.29, 0.717) is 11.6 Å². The summed E-state index contributed by atoms with van der Waals surface area (Å²) in [7, 11) is 0. The monoisotopic (exact) mass is 270 g/mol. The highest BCUT2D eigenvalue weighted by Crippen LogP contribution is 2.43. The second-order valence-electron chi connectivity index (χ2n) is 4.74. The number of rotatable bonds is 3. The number of nitriles is 1. The van der Waals surface area contributed by atoms with Crippen molar-refractivity contribution in [1.29, 1.82) is 10.7 Å². The van der Waals surface area contributed by atoms with Gasteiger partial charge in [0.15, 0.2) is 0 Å². The van der Waals surface area contributed by atoms with E-state index < -0.39 is 5.92 Å². The molecule has 2 unspecified atom stereocenters. The number of nitrogens with one attached hydrogen (secondary N) is 2. The fraction of sp³-hybridized carbons (Fsp3) is 0.357. The summed E-state index contributed by atoms with van der Waals surface area (Å²) < 4.78 is 10.8. The number of furan rings is 1. The molecule has 2 atom stereocenters. The zero-order chi connectivity index (χ0) is 14.1. The molecule has 2 N–H and O–H groups in total.